The summed E-state index contributed by atoms with van der Waals surface area (Å²) in [6, 6.07) is 20.9. The van der Waals surface area contributed by atoms with Crippen molar-refractivity contribution in [3.63, 3.8) is 0 Å². The standard InChI is InChI=1S/C23H22FN3O3S/c1-18-6-5-9-20(14-18)15-25-26-23(28)17-27(16-19-7-3-2-4-8-19)31(29,30)22-12-10-21(24)11-13-22/h2-15H,16-17H2,1H3,(H,26,28). The normalized spacial score (nSPS) is 11.7. The summed E-state index contributed by atoms with van der Waals surface area (Å²) in [4.78, 5) is 12.3. The van der Waals surface area contributed by atoms with Crippen LogP contribution in [0.2, 0.25) is 0 Å². The summed E-state index contributed by atoms with van der Waals surface area (Å²) >= 11 is 0. The Bertz CT molecular complexity index is 1160. The van der Waals surface area contributed by atoms with Gasteiger partial charge in [0.25, 0.3) is 5.91 Å². The van der Waals surface area contributed by atoms with E-state index < -0.39 is 28.3 Å². The number of benzene rings is 3. The van der Waals surface area contributed by atoms with Crippen molar-refractivity contribution in [1.29, 1.82) is 0 Å². The lowest BCUT2D eigenvalue weighted by molar-refractivity contribution is -0.121. The molecule has 3 rings (SSSR count). The minimum atomic E-state index is -4.04. The van der Waals surface area contributed by atoms with E-state index in [9.17, 15) is 17.6 Å². The van der Waals surface area contributed by atoms with Crippen LogP contribution in [0.25, 0.3) is 0 Å². The Labute approximate surface area is 181 Å². The third-order valence-electron chi connectivity index (χ3n) is 4.42. The Morgan fingerprint density at radius 3 is 2.42 bits per heavy atom. The minimum Gasteiger partial charge on any atom is -0.272 e. The van der Waals surface area contributed by atoms with Crippen LogP contribution >= 0.6 is 0 Å². The molecule has 3 aromatic rings. The molecule has 8 heteroatoms. The highest BCUT2D eigenvalue weighted by atomic mass is 32.2. The largest absolute Gasteiger partial charge is 0.272 e. The van der Waals surface area contributed by atoms with Crippen LogP contribution in [0.3, 0.4) is 0 Å². The number of halogens is 1. The molecule has 0 radical (unpaired) electrons. The number of nitrogens with zero attached hydrogens (tertiary/aromatic N) is 2. The fraction of sp³-hybridized carbons (Fsp3) is 0.130. The van der Waals surface area contributed by atoms with Gasteiger partial charge in [0, 0.05) is 6.54 Å². The van der Waals surface area contributed by atoms with Gasteiger partial charge in [-0.25, -0.2) is 18.2 Å². The average molecular weight is 440 g/mol. The number of sulfonamides is 1. The molecule has 3 aromatic carbocycles. The van der Waals surface area contributed by atoms with E-state index in [-0.39, 0.29) is 11.4 Å². The fourth-order valence-corrected chi connectivity index (χ4v) is 4.28. The first kappa shape index (κ1) is 22.3. The van der Waals surface area contributed by atoms with Gasteiger partial charge in [0.1, 0.15) is 5.82 Å². The maximum Gasteiger partial charge on any atom is 0.255 e. The molecular formula is C23H22FN3O3S. The van der Waals surface area contributed by atoms with Gasteiger partial charge in [-0.15, -0.1) is 0 Å². The average Bonchev–Trinajstić information content (AvgIpc) is 2.74. The van der Waals surface area contributed by atoms with Crippen molar-refractivity contribution < 1.29 is 17.6 Å². The quantitative estimate of drug-likeness (QED) is 0.431. The summed E-state index contributed by atoms with van der Waals surface area (Å²) in [6.07, 6.45) is 1.49. The highest BCUT2D eigenvalue weighted by Gasteiger charge is 2.27. The number of aryl methyl sites for hydroxylation is 1. The van der Waals surface area contributed by atoms with Gasteiger partial charge in [0.05, 0.1) is 17.7 Å². The summed E-state index contributed by atoms with van der Waals surface area (Å²) < 4.78 is 40.5. The van der Waals surface area contributed by atoms with Crippen molar-refractivity contribution in [3.05, 3.63) is 101 Å². The van der Waals surface area contributed by atoms with E-state index in [1.807, 2.05) is 37.3 Å². The van der Waals surface area contributed by atoms with E-state index >= 15 is 0 Å². The van der Waals surface area contributed by atoms with Crippen LogP contribution in [0.15, 0.2) is 88.9 Å². The molecule has 0 saturated carbocycles. The van der Waals surface area contributed by atoms with Gasteiger partial charge >= 0.3 is 0 Å². The summed E-state index contributed by atoms with van der Waals surface area (Å²) in [7, 11) is -4.04. The van der Waals surface area contributed by atoms with Crippen LogP contribution < -0.4 is 5.43 Å². The van der Waals surface area contributed by atoms with Gasteiger partial charge in [-0.2, -0.15) is 9.41 Å². The first-order valence-electron chi connectivity index (χ1n) is 9.53. The lowest BCUT2D eigenvalue weighted by atomic mass is 10.2. The summed E-state index contributed by atoms with van der Waals surface area (Å²) in [5, 5.41) is 3.91. The van der Waals surface area contributed by atoms with Gasteiger partial charge in [-0.05, 0) is 42.3 Å². The number of carbonyl (C=O) groups excluding carboxylic acids is 1. The first-order chi connectivity index (χ1) is 14.8. The van der Waals surface area contributed by atoms with Crippen molar-refractivity contribution in [3.8, 4) is 0 Å². The number of hydrogen-bond donors (Lipinski definition) is 1. The Balaban J connectivity index is 1.77. The van der Waals surface area contributed by atoms with Gasteiger partial charge in [-0.1, -0.05) is 60.2 Å². The van der Waals surface area contributed by atoms with Crippen LogP contribution in [0.5, 0.6) is 0 Å². The Morgan fingerprint density at radius 1 is 1.03 bits per heavy atom. The lowest BCUT2D eigenvalue weighted by Crippen LogP contribution is -2.39. The molecule has 160 valence electrons. The fourth-order valence-electron chi connectivity index (χ4n) is 2.89. The second-order valence-electron chi connectivity index (χ2n) is 6.92. The minimum absolute atomic E-state index is 0.0183. The van der Waals surface area contributed by atoms with Crippen LogP contribution in [-0.4, -0.2) is 31.4 Å². The van der Waals surface area contributed by atoms with E-state index in [0.717, 1.165) is 27.6 Å². The Hall–Kier alpha value is -3.36. The molecule has 0 aliphatic carbocycles. The van der Waals surface area contributed by atoms with Gasteiger partial charge in [0.15, 0.2) is 0 Å². The van der Waals surface area contributed by atoms with Crippen molar-refractivity contribution in [1.82, 2.24) is 9.73 Å². The molecule has 0 atom stereocenters. The van der Waals surface area contributed by atoms with Crippen molar-refractivity contribution in [2.45, 2.75) is 18.4 Å². The summed E-state index contributed by atoms with van der Waals surface area (Å²) in [5.41, 5.74) is 4.93. The molecule has 0 aliphatic rings. The zero-order chi connectivity index (χ0) is 22.3. The zero-order valence-corrected chi connectivity index (χ0v) is 17.7. The second-order valence-corrected chi connectivity index (χ2v) is 8.86. The number of nitrogens with one attached hydrogen (secondary N) is 1. The van der Waals surface area contributed by atoms with Gasteiger partial charge in [0.2, 0.25) is 10.0 Å². The Kier molecular flexibility index (Phi) is 7.28. The molecular weight excluding hydrogens is 417 g/mol. The highest BCUT2D eigenvalue weighted by Crippen LogP contribution is 2.18. The van der Waals surface area contributed by atoms with E-state index in [0.29, 0.717) is 5.56 Å². The molecule has 0 aromatic heterocycles. The monoisotopic (exact) mass is 439 g/mol. The predicted octanol–water partition coefficient (Wildman–Crippen LogP) is 3.48. The van der Waals surface area contributed by atoms with Gasteiger partial charge < -0.3 is 0 Å². The number of hydrazone groups is 1. The van der Waals surface area contributed by atoms with E-state index in [1.54, 1.807) is 24.3 Å². The molecule has 0 fully saturated rings. The molecule has 1 amide bonds. The van der Waals surface area contributed by atoms with Crippen molar-refractivity contribution in [2.24, 2.45) is 5.10 Å². The van der Waals surface area contributed by atoms with Crippen molar-refractivity contribution >= 4 is 22.1 Å². The maximum atomic E-state index is 13.2. The molecule has 0 spiro atoms. The van der Waals surface area contributed by atoms with E-state index in [2.05, 4.69) is 10.5 Å². The summed E-state index contributed by atoms with van der Waals surface area (Å²) in [6.45, 7) is 1.48. The van der Waals surface area contributed by atoms with Crippen LogP contribution in [0.4, 0.5) is 4.39 Å². The second kappa shape index (κ2) is 10.1. The number of carbonyl (C=O) groups is 1. The first-order valence-corrected chi connectivity index (χ1v) is 11.0. The molecule has 0 saturated heterocycles. The smallest absolute Gasteiger partial charge is 0.255 e. The molecule has 1 N–H and O–H groups in total. The van der Waals surface area contributed by atoms with Gasteiger partial charge in [-0.3, -0.25) is 4.79 Å². The van der Waals surface area contributed by atoms with Crippen LogP contribution in [-0.2, 0) is 21.4 Å². The molecule has 31 heavy (non-hydrogen) atoms. The molecule has 0 bridgehead atoms. The molecule has 6 nitrogen and oxygen atoms in total. The number of rotatable bonds is 8. The van der Waals surface area contributed by atoms with Crippen molar-refractivity contribution in [2.75, 3.05) is 6.54 Å². The van der Waals surface area contributed by atoms with Crippen LogP contribution in [0.1, 0.15) is 16.7 Å². The lowest BCUT2D eigenvalue weighted by Gasteiger charge is -2.21. The van der Waals surface area contributed by atoms with E-state index in [4.69, 9.17) is 0 Å². The Morgan fingerprint density at radius 2 is 1.74 bits per heavy atom. The molecule has 0 heterocycles. The third kappa shape index (κ3) is 6.31. The predicted molar refractivity (Wildman–Crippen MR) is 117 cm³/mol. The summed E-state index contributed by atoms with van der Waals surface area (Å²) in [5.74, 6) is -1.14. The van der Waals surface area contributed by atoms with E-state index in [1.165, 1.54) is 18.3 Å². The molecule has 0 unspecified atom stereocenters. The zero-order valence-electron chi connectivity index (χ0n) is 16.9. The molecule has 0 aliphatic heterocycles. The SMILES string of the molecule is Cc1cccc(C=NNC(=O)CN(Cc2ccccc2)S(=O)(=O)c2ccc(F)cc2)c1. The maximum absolute atomic E-state index is 13.2. The number of hydrogen-bond acceptors (Lipinski definition) is 4. The topological polar surface area (TPSA) is 78.8 Å². The van der Waals surface area contributed by atoms with Crippen LogP contribution in [0, 0.1) is 12.7 Å². The highest BCUT2D eigenvalue weighted by molar-refractivity contribution is 7.89. The third-order valence-corrected chi connectivity index (χ3v) is 6.22. The number of amides is 1.